The molecule has 0 saturated heterocycles. The Morgan fingerprint density at radius 2 is 2.22 bits per heavy atom. The summed E-state index contributed by atoms with van der Waals surface area (Å²) >= 11 is 0. The van der Waals surface area contributed by atoms with Crippen LogP contribution in [-0.4, -0.2) is 23.8 Å². The van der Waals surface area contributed by atoms with Crippen LogP contribution >= 0.6 is 0 Å². The van der Waals surface area contributed by atoms with Crippen molar-refractivity contribution < 1.29 is 14.0 Å². The maximum atomic E-state index is 13.5. The highest BCUT2D eigenvalue weighted by Crippen LogP contribution is 2.19. The number of oxime groups is 1. The fraction of sp³-hybridized carbons (Fsp3) is 0.385. The standard InChI is InChI=1S/C13H15FN2O2/c1-8(2)15-13(17)12-7-11(16-18-12)9-5-3-4-6-10(9)14/h3-6,8,12H,7H2,1-2H3,(H,15,17). The van der Waals surface area contributed by atoms with E-state index in [2.05, 4.69) is 10.5 Å². The van der Waals surface area contributed by atoms with Crippen LogP contribution < -0.4 is 5.32 Å². The van der Waals surface area contributed by atoms with Gasteiger partial charge in [-0.25, -0.2) is 4.39 Å². The number of benzene rings is 1. The molecule has 2 rings (SSSR count). The molecular weight excluding hydrogens is 235 g/mol. The van der Waals surface area contributed by atoms with Gasteiger partial charge in [0.2, 0.25) is 6.10 Å². The van der Waals surface area contributed by atoms with Crippen molar-refractivity contribution in [2.75, 3.05) is 0 Å². The van der Waals surface area contributed by atoms with E-state index in [1.165, 1.54) is 6.07 Å². The van der Waals surface area contributed by atoms with Crippen LogP contribution in [0.4, 0.5) is 4.39 Å². The Kier molecular flexibility index (Phi) is 3.60. The van der Waals surface area contributed by atoms with Gasteiger partial charge in [-0.05, 0) is 19.9 Å². The maximum Gasteiger partial charge on any atom is 0.264 e. The summed E-state index contributed by atoms with van der Waals surface area (Å²) in [5.41, 5.74) is 0.856. The van der Waals surface area contributed by atoms with Crippen molar-refractivity contribution in [3.63, 3.8) is 0 Å². The molecular formula is C13H15FN2O2. The number of nitrogens with one attached hydrogen (secondary N) is 1. The molecule has 0 saturated carbocycles. The predicted octanol–water partition coefficient (Wildman–Crippen LogP) is 1.84. The first-order valence-electron chi connectivity index (χ1n) is 5.86. The Bertz CT molecular complexity index is 486. The van der Waals surface area contributed by atoms with Crippen LogP contribution in [0.15, 0.2) is 29.4 Å². The highest BCUT2D eigenvalue weighted by molar-refractivity contribution is 6.04. The number of hydrogen-bond donors (Lipinski definition) is 1. The van der Waals surface area contributed by atoms with Crippen LogP contribution in [0, 0.1) is 5.82 Å². The summed E-state index contributed by atoms with van der Waals surface area (Å²) in [5, 5.41) is 6.53. The van der Waals surface area contributed by atoms with Crippen molar-refractivity contribution in [2.45, 2.75) is 32.4 Å². The van der Waals surface area contributed by atoms with Gasteiger partial charge in [0.25, 0.3) is 5.91 Å². The highest BCUT2D eigenvalue weighted by Gasteiger charge is 2.29. The Morgan fingerprint density at radius 3 is 2.89 bits per heavy atom. The molecule has 0 aliphatic carbocycles. The van der Waals surface area contributed by atoms with Gasteiger partial charge in [-0.15, -0.1) is 0 Å². The quantitative estimate of drug-likeness (QED) is 0.890. The molecule has 0 spiro atoms. The lowest BCUT2D eigenvalue weighted by molar-refractivity contribution is -0.131. The number of halogens is 1. The van der Waals surface area contributed by atoms with E-state index in [0.717, 1.165) is 0 Å². The van der Waals surface area contributed by atoms with E-state index in [0.29, 0.717) is 17.7 Å². The minimum absolute atomic E-state index is 0.0404. The predicted molar refractivity (Wildman–Crippen MR) is 65.7 cm³/mol. The lowest BCUT2D eigenvalue weighted by Crippen LogP contribution is -2.38. The SMILES string of the molecule is CC(C)NC(=O)C1CC(c2ccccc2F)=NO1. The average molecular weight is 250 g/mol. The van der Waals surface area contributed by atoms with E-state index in [9.17, 15) is 9.18 Å². The van der Waals surface area contributed by atoms with Crippen LogP contribution in [0.1, 0.15) is 25.8 Å². The summed E-state index contributed by atoms with van der Waals surface area (Å²) in [5.74, 6) is -0.579. The van der Waals surface area contributed by atoms with Gasteiger partial charge >= 0.3 is 0 Å². The van der Waals surface area contributed by atoms with Gasteiger partial charge in [-0.3, -0.25) is 4.79 Å². The smallest absolute Gasteiger partial charge is 0.264 e. The molecule has 0 bridgehead atoms. The summed E-state index contributed by atoms with van der Waals surface area (Å²) in [6.07, 6.45) is -0.374. The first kappa shape index (κ1) is 12.5. The number of carbonyl (C=O) groups excluding carboxylic acids is 1. The summed E-state index contributed by atoms with van der Waals surface area (Å²) in [6, 6.07) is 6.36. The second-order valence-corrected chi connectivity index (χ2v) is 4.48. The number of hydrogen-bond acceptors (Lipinski definition) is 3. The number of rotatable bonds is 3. The monoisotopic (exact) mass is 250 g/mol. The second-order valence-electron chi connectivity index (χ2n) is 4.48. The third-order valence-electron chi connectivity index (χ3n) is 2.58. The zero-order valence-corrected chi connectivity index (χ0v) is 10.3. The van der Waals surface area contributed by atoms with Crippen molar-refractivity contribution >= 4 is 11.6 Å². The molecule has 0 fully saturated rings. The second kappa shape index (κ2) is 5.16. The molecule has 1 aliphatic heterocycles. The van der Waals surface area contributed by atoms with Crippen molar-refractivity contribution in [3.8, 4) is 0 Å². The molecule has 1 atom stereocenters. The Hall–Kier alpha value is -1.91. The van der Waals surface area contributed by atoms with E-state index in [-0.39, 0.29) is 17.8 Å². The summed E-state index contributed by atoms with van der Waals surface area (Å²) < 4.78 is 13.5. The lowest BCUT2D eigenvalue weighted by Gasteiger charge is -2.11. The van der Waals surface area contributed by atoms with Crippen molar-refractivity contribution in [1.29, 1.82) is 0 Å². The van der Waals surface area contributed by atoms with E-state index in [1.807, 2.05) is 13.8 Å². The summed E-state index contributed by atoms with van der Waals surface area (Å²) in [7, 11) is 0. The molecule has 0 radical (unpaired) electrons. The molecule has 1 aromatic rings. The fourth-order valence-corrected chi connectivity index (χ4v) is 1.75. The third kappa shape index (κ3) is 2.67. The highest BCUT2D eigenvalue weighted by atomic mass is 19.1. The van der Waals surface area contributed by atoms with E-state index < -0.39 is 6.10 Å². The van der Waals surface area contributed by atoms with Gasteiger partial charge in [0.1, 0.15) is 5.82 Å². The average Bonchev–Trinajstić information content (AvgIpc) is 2.78. The molecule has 5 heteroatoms. The molecule has 1 aromatic carbocycles. The number of amides is 1. The fourth-order valence-electron chi connectivity index (χ4n) is 1.75. The largest absolute Gasteiger partial charge is 0.382 e. The molecule has 1 amide bonds. The van der Waals surface area contributed by atoms with E-state index in [1.54, 1.807) is 18.2 Å². The molecule has 96 valence electrons. The van der Waals surface area contributed by atoms with Gasteiger partial charge in [-0.2, -0.15) is 0 Å². The van der Waals surface area contributed by atoms with Gasteiger partial charge < -0.3 is 10.2 Å². The minimum atomic E-state index is -0.665. The van der Waals surface area contributed by atoms with Gasteiger partial charge in [0, 0.05) is 18.0 Å². The molecule has 1 heterocycles. The molecule has 1 aliphatic rings. The van der Waals surface area contributed by atoms with Gasteiger partial charge in [0.05, 0.1) is 5.71 Å². The van der Waals surface area contributed by atoms with Crippen molar-refractivity contribution in [1.82, 2.24) is 5.32 Å². The Morgan fingerprint density at radius 1 is 1.50 bits per heavy atom. The van der Waals surface area contributed by atoms with Crippen LogP contribution in [-0.2, 0) is 9.63 Å². The zero-order valence-electron chi connectivity index (χ0n) is 10.3. The molecule has 4 nitrogen and oxygen atoms in total. The normalized spacial score (nSPS) is 18.4. The summed E-state index contributed by atoms with van der Waals surface area (Å²) in [4.78, 5) is 16.8. The summed E-state index contributed by atoms with van der Waals surface area (Å²) in [6.45, 7) is 3.73. The lowest BCUT2D eigenvalue weighted by atomic mass is 10.0. The van der Waals surface area contributed by atoms with E-state index in [4.69, 9.17) is 4.84 Å². The van der Waals surface area contributed by atoms with Crippen LogP contribution in [0.3, 0.4) is 0 Å². The number of carbonyl (C=O) groups is 1. The first-order valence-corrected chi connectivity index (χ1v) is 5.86. The van der Waals surface area contributed by atoms with Crippen LogP contribution in [0.25, 0.3) is 0 Å². The van der Waals surface area contributed by atoms with Crippen molar-refractivity contribution in [3.05, 3.63) is 35.6 Å². The Labute approximate surface area is 105 Å². The van der Waals surface area contributed by atoms with Gasteiger partial charge in [-0.1, -0.05) is 23.4 Å². The molecule has 1 unspecified atom stereocenters. The Balaban J connectivity index is 2.04. The molecule has 1 N–H and O–H groups in total. The molecule has 0 aromatic heterocycles. The van der Waals surface area contributed by atoms with E-state index >= 15 is 0 Å². The topological polar surface area (TPSA) is 50.7 Å². The van der Waals surface area contributed by atoms with Crippen LogP contribution in [0.2, 0.25) is 0 Å². The third-order valence-corrected chi connectivity index (χ3v) is 2.58. The number of nitrogens with zero attached hydrogens (tertiary/aromatic N) is 1. The first-order chi connectivity index (χ1) is 8.58. The van der Waals surface area contributed by atoms with Gasteiger partial charge in [0.15, 0.2) is 0 Å². The zero-order chi connectivity index (χ0) is 13.1. The van der Waals surface area contributed by atoms with Crippen molar-refractivity contribution in [2.24, 2.45) is 5.16 Å². The maximum absolute atomic E-state index is 13.5. The minimum Gasteiger partial charge on any atom is -0.382 e. The molecule has 18 heavy (non-hydrogen) atoms. The van der Waals surface area contributed by atoms with Crippen LogP contribution in [0.5, 0.6) is 0 Å².